The molecule has 2 nitrogen and oxygen atoms in total. The average Bonchev–Trinajstić information content (AvgIpc) is 2.45. The molecule has 0 aliphatic carbocycles. The molecule has 0 fully saturated rings. The molecule has 0 radical (unpaired) electrons. The number of carbonyl (C=O) groups is 1. The van der Waals surface area contributed by atoms with Crippen molar-refractivity contribution in [1.82, 2.24) is 0 Å². The zero-order valence-corrected chi connectivity index (χ0v) is 13.2. The molecule has 2 heteroatoms. The van der Waals surface area contributed by atoms with E-state index >= 15 is 0 Å². The van der Waals surface area contributed by atoms with Crippen LogP contribution in [-0.2, 0) is 0 Å². The summed E-state index contributed by atoms with van der Waals surface area (Å²) in [7, 11) is 0. The Morgan fingerprint density at radius 1 is 1.14 bits per heavy atom. The Bertz CT molecular complexity index is 529. The van der Waals surface area contributed by atoms with Gasteiger partial charge in [-0.15, -0.1) is 0 Å². The summed E-state index contributed by atoms with van der Waals surface area (Å²) in [5.41, 5.74) is 3.21. The molecule has 0 aromatic heterocycles. The molecule has 0 saturated heterocycles. The highest BCUT2D eigenvalue weighted by Gasteiger charge is 2.00. The van der Waals surface area contributed by atoms with Gasteiger partial charge in [0, 0.05) is 12.0 Å². The lowest BCUT2D eigenvalue weighted by molar-refractivity contribution is 0.101. The average molecular weight is 284 g/mol. The van der Waals surface area contributed by atoms with Crippen molar-refractivity contribution in [1.29, 1.82) is 0 Å². The topological polar surface area (TPSA) is 26.3 Å². The van der Waals surface area contributed by atoms with Crippen molar-refractivity contribution in [2.45, 2.75) is 33.6 Å². The fraction of sp³-hybridized carbons (Fsp3) is 0.316. The predicted molar refractivity (Wildman–Crippen MR) is 88.9 cm³/mol. The van der Waals surface area contributed by atoms with Gasteiger partial charge in [-0.25, -0.2) is 0 Å². The molecule has 0 aliphatic rings. The minimum Gasteiger partial charge on any atom is -0.493 e. The minimum absolute atomic E-state index is 0.0673. The molecule has 0 aliphatic heterocycles. The Morgan fingerprint density at radius 3 is 2.33 bits per heavy atom. The zero-order valence-electron chi connectivity index (χ0n) is 13.2. The maximum atomic E-state index is 11.2. The van der Waals surface area contributed by atoms with Crippen LogP contribution in [0.4, 0.5) is 0 Å². The van der Waals surface area contributed by atoms with Crippen LogP contribution >= 0.6 is 0 Å². The van der Waals surface area contributed by atoms with E-state index in [-0.39, 0.29) is 5.78 Å². The van der Waals surface area contributed by atoms with Crippen LogP contribution in [0.1, 0.15) is 44.0 Å². The lowest BCUT2D eigenvalue weighted by Crippen LogP contribution is -1.99. The van der Waals surface area contributed by atoms with Gasteiger partial charge in [-0.3, -0.25) is 4.79 Å². The molecular weight excluding hydrogens is 260 g/mol. The molecule has 0 spiro atoms. The van der Waals surface area contributed by atoms with Crippen LogP contribution in [0.15, 0.2) is 60.2 Å². The van der Waals surface area contributed by atoms with Crippen molar-refractivity contribution < 1.29 is 9.53 Å². The second-order valence-electron chi connectivity index (χ2n) is 5.18. The molecule has 112 valence electrons. The third kappa shape index (κ3) is 6.75. The molecule has 1 aromatic carbocycles. The molecule has 0 unspecified atom stereocenters. The Labute approximate surface area is 127 Å². The number of hydrogen-bond donors (Lipinski definition) is 0. The van der Waals surface area contributed by atoms with E-state index in [0.717, 1.165) is 18.6 Å². The monoisotopic (exact) mass is 284 g/mol. The SMILES string of the molecule is C=C/C(=C\CC=C(C)C)CCOc1ccc(C(C)=O)cc1. The highest BCUT2D eigenvalue weighted by atomic mass is 16.5. The summed E-state index contributed by atoms with van der Waals surface area (Å²) in [6, 6.07) is 7.24. The number of rotatable bonds is 8. The molecule has 0 N–H and O–H groups in total. The predicted octanol–water partition coefficient (Wildman–Crippen LogP) is 5.13. The van der Waals surface area contributed by atoms with E-state index in [0.29, 0.717) is 12.2 Å². The molecule has 21 heavy (non-hydrogen) atoms. The number of ketones is 1. The van der Waals surface area contributed by atoms with E-state index in [4.69, 9.17) is 4.74 Å². The smallest absolute Gasteiger partial charge is 0.159 e. The maximum Gasteiger partial charge on any atom is 0.159 e. The van der Waals surface area contributed by atoms with Gasteiger partial charge in [-0.2, -0.15) is 0 Å². The molecule has 1 rings (SSSR count). The second kappa shape index (κ2) is 8.96. The second-order valence-corrected chi connectivity index (χ2v) is 5.18. The molecule has 1 aromatic rings. The molecule has 0 bridgehead atoms. The fourth-order valence-electron chi connectivity index (χ4n) is 1.81. The number of ether oxygens (including phenoxy) is 1. The van der Waals surface area contributed by atoms with Gasteiger partial charge in [-0.05, 0) is 57.0 Å². The van der Waals surface area contributed by atoms with Gasteiger partial charge in [0.2, 0.25) is 0 Å². The number of carbonyl (C=O) groups excluding carboxylic acids is 1. The van der Waals surface area contributed by atoms with Gasteiger partial charge >= 0.3 is 0 Å². The van der Waals surface area contributed by atoms with Crippen molar-refractivity contribution >= 4 is 5.78 Å². The molecule has 0 heterocycles. The van der Waals surface area contributed by atoms with Crippen molar-refractivity contribution in [2.75, 3.05) is 6.61 Å². The van der Waals surface area contributed by atoms with Gasteiger partial charge in [0.25, 0.3) is 0 Å². The zero-order chi connectivity index (χ0) is 15.7. The van der Waals surface area contributed by atoms with E-state index in [9.17, 15) is 4.79 Å². The van der Waals surface area contributed by atoms with Gasteiger partial charge < -0.3 is 4.74 Å². The summed E-state index contributed by atoms with van der Waals surface area (Å²) in [4.78, 5) is 11.2. The van der Waals surface area contributed by atoms with E-state index in [2.05, 4.69) is 32.6 Å². The van der Waals surface area contributed by atoms with Gasteiger partial charge in [-0.1, -0.05) is 30.4 Å². The lowest BCUT2D eigenvalue weighted by atomic mass is 10.1. The van der Waals surface area contributed by atoms with Crippen molar-refractivity contribution in [3.05, 3.63) is 65.8 Å². The molecular formula is C19H24O2. The van der Waals surface area contributed by atoms with Crippen LogP contribution in [0, 0.1) is 0 Å². The van der Waals surface area contributed by atoms with Crippen LogP contribution in [-0.4, -0.2) is 12.4 Å². The van der Waals surface area contributed by atoms with Crippen LogP contribution in [0.5, 0.6) is 5.75 Å². The van der Waals surface area contributed by atoms with Crippen LogP contribution in [0.25, 0.3) is 0 Å². The van der Waals surface area contributed by atoms with Gasteiger partial charge in [0.15, 0.2) is 5.78 Å². The van der Waals surface area contributed by atoms with E-state index in [1.807, 2.05) is 18.2 Å². The first kappa shape index (κ1) is 17.0. The lowest BCUT2D eigenvalue weighted by Gasteiger charge is -2.07. The Balaban J connectivity index is 2.45. The van der Waals surface area contributed by atoms with Crippen molar-refractivity contribution in [3.8, 4) is 5.75 Å². The summed E-state index contributed by atoms with van der Waals surface area (Å²) in [5, 5.41) is 0. The Morgan fingerprint density at radius 2 is 1.81 bits per heavy atom. The highest BCUT2D eigenvalue weighted by Crippen LogP contribution is 2.14. The van der Waals surface area contributed by atoms with Crippen LogP contribution in [0.3, 0.4) is 0 Å². The maximum absolute atomic E-state index is 11.2. The Kier molecular flexibility index (Phi) is 7.24. The van der Waals surface area contributed by atoms with Crippen LogP contribution in [0.2, 0.25) is 0 Å². The van der Waals surface area contributed by atoms with Crippen molar-refractivity contribution in [2.24, 2.45) is 0 Å². The van der Waals surface area contributed by atoms with Gasteiger partial charge in [0.05, 0.1) is 6.61 Å². The van der Waals surface area contributed by atoms with E-state index in [1.54, 1.807) is 19.1 Å². The quantitative estimate of drug-likeness (QED) is 0.376. The third-order valence-corrected chi connectivity index (χ3v) is 3.09. The number of Topliss-reactive ketones (excluding diaryl/α,β-unsaturated/α-hetero) is 1. The number of allylic oxidation sites excluding steroid dienone is 4. The third-order valence-electron chi connectivity index (χ3n) is 3.09. The first-order chi connectivity index (χ1) is 10.0. The largest absolute Gasteiger partial charge is 0.493 e. The van der Waals surface area contributed by atoms with E-state index in [1.165, 1.54) is 11.1 Å². The molecule has 0 amide bonds. The Hall–Kier alpha value is -2.09. The summed E-state index contributed by atoms with van der Waals surface area (Å²) in [5.74, 6) is 0.852. The standard InChI is InChI=1S/C19H24O2/c1-5-17(8-6-7-15(2)3)13-14-21-19-11-9-18(10-12-19)16(4)20/h5,7-12H,1,6,13-14H2,2-4H3/b17-8+. The first-order valence-corrected chi connectivity index (χ1v) is 7.21. The van der Waals surface area contributed by atoms with E-state index < -0.39 is 0 Å². The fourth-order valence-corrected chi connectivity index (χ4v) is 1.81. The summed E-state index contributed by atoms with van der Waals surface area (Å²) in [6.45, 7) is 10.2. The minimum atomic E-state index is 0.0673. The number of benzene rings is 1. The normalized spacial score (nSPS) is 10.9. The summed E-state index contributed by atoms with van der Waals surface area (Å²) < 4.78 is 5.69. The van der Waals surface area contributed by atoms with Gasteiger partial charge in [0.1, 0.15) is 5.75 Å². The molecule has 0 saturated carbocycles. The first-order valence-electron chi connectivity index (χ1n) is 7.21. The van der Waals surface area contributed by atoms with Crippen LogP contribution < -0.4 is 4.74 Å². The van der Waals surface area contributed by atoms with Crippen molar-refractivity contribution in [3.63, 3.8) is 0 Å². The summed E-state index contributed by atoms with van der Waals surface area (Å²) in [6.07, 6.45) is 7.99. The highest BCUT2D eigenvalue weighted by molar-refractivity contribution is 5.94. The summed E-state index contributed by atoms with van der Waals surface area (Å²) >= 11 is 0. The molecule has 0 atom stereocenters. The number of hydrogen-bond acceptors (Lipinski definition) is 2.